The summed E-state index contributed by atoms with van der Waals surface area (Å²) in [5, 5.41) is 0. The second-order valence-electron chi connectivity index (χ2n) is 8.01. The van der Waals surface area contributed by atoms with Gasteiger partial charge in [-0.25, -0.2) is 13.2 Å². The third kappa shape index (κ3) is 5.44. The minimum atomic E-state index is -1.01. The molecule has 0 bridgehead atoms. The van der Waals surface area contributed by atoms with Crippen LogP contribution in [0.5, 0.6) is 0 Å². The summed E-state index contributed by atoms with van der Waals surface area (Å²) in [7, 11) is 0. The summed E-state index contributed by atoms with van der Waals surface area (Å²) in [6.07, 6.45) is 5.87. The molecule has 0 amide bonds. The Morgan fingerprint density at radius 1 is 0.933 bits per heavy atom. The van der Waals surface area contributed by atoms with Crippen LogP contribution < -0.4 is 0 Å². The van der Waals surface area contributed by atoms with E-state index in [0.717, 1.165) is 37.7 Å². The van der Waals surface area contributed by atoms with Gasteiger partial charge in [-0.2, -0.15) is 0 Å². The maximum absolute atomic E-state index is 14.9. The summed E-state index contributed by atoms with van der Waals surface area (Å²) in [4.78, 5) is 0. The molecule has 0 aromatic heterocycles. The second kappa shape index (κ2) is 11.0. The smallest absolute Gasteiger partial charge is 0.167 e. The molecule has 3 rings (SSSR count). The molecule has 0 spiro atoms. The Morgan fingerprint density at radius 3 is 2.40 bits per heavy atom. The predicted octanol–water partition coefficient (Wildman–Crippen LogP) is 7.15. The highest BCUT2D eigenvalue weighted by atomic mass is 19.2. The zero-order valence-electron chi connectivity index (χ0n) is 17.9. The zero-order valence-corrected chi connectivity index (χ0v) is 17.9. The molecule has 5 heteroatoms. The van der Waals surface area contributed by atoms with E-state index in [4.69, 9.17) is 9.47 Å². The van der Waals surface area contributed by atoms with Crippen molar-refractivity contribution in [2.24, 2.45) is 0 Å². The molecule has 2 atom stereocenters. The molecule has 1 saturated heterocycles. The summed E-state index contributed by atoms with van der Waals surface area (Å²) in [6.45, 7) is 5.04. The Kier molecular flexibility index (Phi) is 8.34. The number of ether oxygens (including phenoxy) is 2. The predicted molar refractivity (Wildman–Crippen MR) is 113 cm³/mol. The minimum Gasteiger partial charge on any atom is -0.353 e. The van der Waals surface area contributed by atoms with Gasteiger partial charge in [0.25, 0.3) is 0 Å². The number of hydrogen-bond donors (Lipinski definition) is 0. The molecular weight excluding hydrogens is 389 g/mol. The Hall–Kier alpha value is -1.85. The van der Waals surface area contributed by atoms with Crippen LogP contribution in [0.1, 0.15) is 69.4 Å². The molecule has 2 unspecified atom stereocenters. The summed E-state index contributed by atoms with van der Waals surface area (Å²) < 4.78 is 55.6. The average Bonchev–Trinajstić information content (AvgIpc) is 2.75. The van der Waals surface area contributed by atoms with Crippen molar-refractivity contribution < 1.29 is 22.6 Å². The fourth-order valence-electron chi connectivity index (χ4n) is 3.95. The van der Waals surface area contributed by atoms with Gasteiger partial charge in [0.15, 0.2) is 17.9 Å². The number of aryl methyl sites for hydroxylation is 1. The van der Waals surface area contributed by atoms with Gasteiger partial charge in [-0.15, -0.1) is 0 Å². The number of hydrogen-bond acceptors (Lipinski definition) is 2. The van der Waals surface area contributed by atoms with E-state index in [9.17, 15) is 13.2 Å². The molecule has 2 aromatic carbocycles. The van der Waals surface area contributed by atoms with Gasteiger partial charge in [0.05, 0.1) is 6.61 Å². The highest BCUT2D eigenvalue weighted by Crippen LogP contribution is 2.35. The maximum atomic E-state index is 14.9. The van der Waals surface area contributed by atoms with Crippen molar-refractivity contribution in [2.75, 3.05) is 13.2 Å². The molecule has 1 heterocycles. The molecule has 0 N–H and O–H groups in total. The molecule has 0 radical (unpaired) electrons. The second-order valence-corrected chi connectivity index (χ2v) is 8.01. The first-order chi connectivity index (χ1) is 14.5. The van der Waals surface area contributed by atoms with Crippen molar-refractivity contribution in [3.8, 4) is 11.1 Å². The molecule has 2 aromatic rings. The summed E-state index contributed by atoms with van der Waals surface area (Å²) in [5.41, 5.74) is 1.20. The van der Waals surface area contributed by atoms with E-state index in [1.54, 1.807) is 18.2 Å². The quantitative estimate of drug-likeness (QED) is 0.401. The summed E-state index contributed by atoms with van der Waals surface area (Å²) >= 11 is 0. The van der Waals surface area contributed by atoms with E-state index in [-0.39, 0.29) is 35.5 Å². The molecule has 0 aliphatic carbocycles. The lowest BCUT2D eigenvalue weighted by Gasteiger charge is -2.29. The highest BCUT2D eigenvalue weighted by molar-refractivity contribution is 5.66. The Bertz CT molecular complexity index is 829. The zero-order chi connectivity index (χ0) is 21.5. The lowest BCUT2D eigenvalue weighted by atomic mass is 9.90. The number of benzene rings is 2. The standard InChI is InChI=1S/C25H31F3O2/c1-3-5-6-7-17-8-10-20(22(26)15-17)21-12-11-19(24(27)25(21)28)18-9-13-23(30-16-18)29-14-4-2/h8,10-12,15,18,23H,3-7,9,13-14,16H2,1-2H3. The maximum Gasteiger partial charge on any atom is 0.167 e. The van der Waals surface area contributed by atoms with Gasteiger partial charge in [-0.1, -0.05) is 51.0 Å². The lowest BCUT2D eigenvalue weighted by Crippen LogP contribution is -2.28. The van der Waals surface area contributed by atoms with E-state index in [0.29, 0.717) is 19.4 Å². The first-order valence-corrected chi connectivity index (χ1v) is 11.0. The normalized spacial score (nSPS) is 19.2. The van der Waals surface area contributed by atoms with Gasteiger partial charge in [0.2, 0.25) is 0 Å². The van der Waals surface area contributed by atoms with Crippen molar-refractivity contribution >= 4 is 0 Å². The molecule has 1 aliphatic heterocycles. The third-order valence-corrected chi connectivity index (χ3v) is 5.69. The largest absolute Gasteiger partial charge is 0.353 e. The Balaban J connectivity index is 1.74. The third-order valence-electron chi connectivity index (χ3n) is 5.69. The van der Waals surface area contributed by atoms with Crippen LogP contribution in [0.3, 0.4) is 0 Å². The molecule has 1 fully saturated rings. The summed E-state index contributed by atoms with van der Waals surface area (Å²) in [5.74, 6) is -2.68. The monoisotopic (exact) mass is 420 g/mol. The SMILES string of the molecule is CCCCCc1ccc(-c2ccc(C3CCC(OCCC)OC3)c(F)c2F)c(F)c1. The van der Waals surface area contributed by atoms with Crippen LogP contribution in [0, 0.1) is 17.5 Å². The van der Waals surface area contributed by atoms with E-state index in [2.05, 4.69) is 6.92 Å². The molecular formula is C25H31F3O2. The van der Waals surface area contributed by atoms with Crippen LogP contribution >= 0.6 is 0 Å². The van der Waals surface area contributed by atoms with E-state index in [1.807, 2.05) is 6.92 Å². The number of halogens is 3. The Labute approximate surface area is 177 Å². The van der Waals surface area contributed by atoms with Gasteiger partial charge in [0.1, 0.15) is 5.82 Å². The first-order valence-electron chi connectivity index (χ1n) is 11.0. The van der Waals surface area contributed by atoms with Crippen LogP contribution in [0.4, 0.5) is 13.2 Å². The van der Waals surface area contributed by atoms with Gasteiger partial charge in [-0.05, 0) is 49.3 Å². The molecule has 2 nitrogen and oxygen atoms in total. The van der Waals surface area contributed by atoms with Crippen molar-refractivity contribution in [3.05, 3.63) is 58.9 Å². The molecule has 1 aliphatic rings. The van der Waals surface area contributed by atoms with E-state index in [1.165, 1.54) is 12.1 Å². The average molecular weight is 421 g/mol. The number of rotatable bonds is 9. The number of unbranched alkanes of at least 4 members (excludes halogenated alkanes) is 2. The van der Waals surface area contributed by atoms with E-state index >= 15 is 0 Å². The molecule has 0 saturated carbocycles. The fourth-order valence-corrected chi connectivity index (χ4v) is 3.95. The van der Waals surface area contributed by atoms with E-state index < -0.39 is 17.5 Å². The lowest BCUT2D eigenvalue weighted by molar-refractivity contribution is -0.167. The first kappa shape index (κ1) is 22.8. The van der Waals surface area contributed by atoms with Crippen LogP contribution in [0.2, 0.25) is 0 Å². The highest BCUT2D eigenvalue weighted by Gasteiger charge is 2.27. The van der Waals surface area contributed by atoms with Crippen molar-refractivity contribution in [2.45, 2.75) is 71.0 Å². The molecule has 30 heavy (non-hydrogen) atoms. The topological polar surface area (TPSA) is 18.5 Å². The fraction of sp³-hybridized carbons (Fsp3) is 0.520. The van der Waals surface area contributed by atoms with Gasteiger partial charge in [-0.3, -0.25) is 0 Å². The van der Waals surface area contributed by atoms with Crippen LogP contribution in [-0.4, -0.2) is 19.5 Å². The minimum absolute atomic E-state index is 0.0465. The van der Waals surface area contributed by atoms with Crippen LogP contribution in [0.25, 0.3) is 11.1 Å². The summed E-state index contributed by atoms with van der Waals surface area (Å²) in [6, 6.07) is 7.81. The van der Waals surface area contributed by atoms with Crippen molar-refractivity contribution in [3.63, 3.8) is 0 Å². The Morgan fingerprint density at radius 2 is 1.73 bits per heavy atom. The van der Waals surface area contributed by atoms with Gasteiger partial charge >= 0.3 is 0 Å². The van der Waals surface area contributed by atoms with Gasteiger partial charge in [0, 0.05) is 23.7 Å². The van der Waals surface area contributed by atoms with Crippen molar-refractivity contribution in [1.29, 1.82) is 0 Å². The van der Waals surface area contributed by atoms with Crippen LogP contribution in [0.15, 0.2) is 30.3 Å². The molecule has 164 valence electrons. The van der Waals surface area contributed by atoms with Crippen LogP contribution in [-0.2, 0) is 15.9 Å². The van der Waals surface area contributed by atoms with Crippen molar-refractivity contribution in [1.82, 2.24) is 0 Å². The van der Waals surface area contributed by atoms with Gasteiger partial charge < -0.3 is 9.47 Å².